The Kier molecular flexibility index (Phi) is 3.00. The molecule has 0 spiro atoms. The molecule has 0 aliphatic carbocycles. The lowest BCUT2D eigenvalue weighted by atomic mass is 10.2. The highest BCUT2D eigenvalue weighted by Crippen LogP contribution is 2.29. The van der Waals surface area contributed by atoms with Gasteiger partial charge in [-0.25, -0.2) is 12.8 Å². The van der Waals surface area contributed by atoms with Gasteiger partial charge in [0.2, 0.25) is 0 Å². The van der Waals surface area contributed by atoms with Gasteiger partial charge in [0.25, 0.3) is 9.05 Å². The van der Waals surface area contributed by atoms with Crippen molar-refractivity contribution in [1.82, 2.24) is 0 Å². The minimum atomic E-state index is -4.22. The summed E-state index contributed by atoms with van der Waals surface area (Å²) >= 11 is 5.48. The third-order valence-corrected chi connectivity index (χ3v) is 3.22. The molecule has 0 saturated heterocycles. The molecule has 14 heavy (non-hydrogen) atoms. The molecular weight excluding hydrogens is 252 g/mol. The Morgan fingerprint density at radius 3 is 2.36 bits per heavy atom. The van der Waals surface area contributed by atoms with E-state index in [2.05, 4.69) is 0 Å². The van der Waals surface area contributed by atoms with Gasteiger partial charge in [-0.3, -0.25) is 0 Å². The van der Waals surface area contributed by atoms with Crippen molar-refractivity contribution in [3.8, 4) is 6.07 Å². The van der Waals surface area contributed by atoms with E-state index in [1.807, 2.05) is 0 Å². The SMILES string of the molecule is N#Cc1c(F)ccc(Cl)c1S(=O)(=O)Cl. The molecule has 0 aliphatic heterocycles. The van der Waals surface area contributed by atoms with E-state index >= 15 is 0 Å². The summed E-state index contributed by atoms with van der Waals surface area (Å²) in [6.07, 6.45) is 0. The molecule has 3 nitrogen and oxygen atoms in total. The van der Waals surface area contributed by atoms with E-state index in [9.17, 15) is 12.8 Å². The van der Waals surface area contributed by atoms with E-state index in [-0.39, 0.29) is 5.02 Å². The van der Waals surface area contributed by atoms with Gasteiger partial charge in [-0.15, -0.1) is 0 Å². The van der Waals surface area contributed by atoms with Gasteiger partial charge in [-0.1, -0.05) is 11.6 Å². The van der Waals surface area contributed by atoms with Gasteiger partial charge in [0.15, 0.2) is 0 Å². The van der Waals surface area contributed by atoms with Crippen LogP contribution in [0.1, 0.15) is 5.56 Å². The van der Waals surface area contributed by atoms with Crippen molar-refractivity contribution in [1.29, 1.82) is 5.26 Å². The molecule has 0 amide bonds. The second-order valence-corrected chi connectivity index (χ2v) is 5.19. The van der Waals surface area contributed by atoms with Crippen LogP contribution in [0, 0.1) is 17.1 Å². The number of benzene rings is 1. The summed E-state index contributed by atoms with van der Waals surface area (Å²) in [5.74, 6) is -0.976. The molecule has 1 aromatic rings. The van der Waals surface area contributed by atoms with Crippen molar-refractivity contribution in [3.05, 3.63) is 28.5 Å². The van der Waals surface area contributed by atoms with Crippen molar-refractivity contribution in [2.24, 2.45) is 0 Å². The van der Waals surface area contributed by atoms with Gasteiger partial charge in [0.05, 0.1) is 5.02 Å². The predicted molar refractivity (Wildman–Crippen MR) is 49.2 cm³/mol. The second-order valence-electron chi connectivity index (χ2n) is 2.28. The summed E-state index contributed by atoms with van der Waals surface area (Å²) in [5.41, 5.74) is -0.674. The van der Waals surface area contributed by atoms with Gasteiger partial charge >= 0.3 is 0 Å². The maximum absolute atomic E-state index is 13.0. The van der Waals surface area contributed by atoms with Crippen LogP contribution in [0.2, 0.25) is 5.02 Å². The lowest BCUT2D eigenvalue weighted by Gasteiger charge is -2.02. The fraction of sp³-hybridized carbons (Fsp3) is 0. The Labute approximate surface area is 89.1 Å². The molecular formula is C7H2Cl2FNO2S. The van der Waals surface area contributed by atoms with Gasteiger partial charge < -0.3 is 0 Å². The number of halogens is 3. The molecule has 1 rings (SSSR count). The highest BCUT2D eigenvalue weighted by Gasteiger charge is 2.22. The van der Waals surface area contributed by atoms with Crippen molar-refractivity contribution in [3.63, 3.8) is 0 Å². The van der Waals surface area contributed by atoms with Crippen molar-refractivity contribution >= 4 is 31.3 Å². The molecule has 0 fully saturated rings. The summed E-state index contributed by atoms with van der Waals surface area (Å²) in [6.45, 7) is 0. The molecule has 74 valence electrons. The van der Waals surface area contributed by atoms with E-state index in [0.29, 0.717) is 0 Å². The van der Waals surface area contributed by atoms with Crippen LogP contribution >= 0.6 is 22.3 Å². The number of nitriles is 1. The zero-order valence-corrected chi connectivity index (χ0v) is 8.79. The molecule has 0 radical (unpaired) electrons. The van der Waals surface area contributed by atoms with E-state index in [1.54, 1.807) is 0 Å². The first kappa shape index (κ1) is 11.2. The van der Waals surface area contributed by atoms with Crippen molar-refractivity contribution in [2.45, 2.75) is 4.90 Å². The average Bonchev–Trinajstić information content (AvgIpc) is 2.06. The quantitative estimate of drug-likeness (QED) is 0.722. The lowest BCUT2D eigenvalue weighted by molar-refractivity contribution is 0.600. The molecule has 7 heteroatoms. The topological polar surface area (TPSA) is 57.9 Å². The van der Waals surface area contributed by atoms with E-state index in [4.69, 9.17) is 27.5 Å². The summed E-state index contributed by atoms with van der Waals surface area (Å²) in [6, 6.07) is 3.30. The van der Waals surface area contributed by atoms with Gasteiger partial charge in [0.1, 0.15) is 22.3 Å². The molecule has 0 saturated carbocycles. The lowest BCUT2D eigenvalue weighted by Crippen LogP contribution is -1.99. The largest absolute Gasteiger partial charge is 0.264 e. The predicted octanol–water partition coefficient (Wildman–Crippen LogP) is 2.28. The summed E-state index contributed by atoms with van der Waals surface area (Å²) in [4.78, 5) is -0.691. The third kappa shape index (κ3) is 1.98. The maximum atomic E-state index is 13.0. The first-order valence-corrected chi connectivity index (χ1v) is 5.89. The van der Waals surface area contributed by atoms with Crippen molar-refractivity contribution < 1.29 is 12.8 Å². The molecule has 0 N–H and O–H groups in total. The molecule has 1 aromatic carbocycles. The normalized spacial score (nSPS) is 11.0. The van der Waals surface area contributed by atoms with Crippen molar-refractivity contribution in [2.75, 3.05) is 0 Å². The number of rotatable bonds is 1. The minimum absolute atomic E-state index is 0.280. The second kappa shape index (κ2) is 3.73. The molecule has 0 atom stereocenters. The maximum Gasteiger partial charge on any atom is 0.264 e. The number of hydrogen-bond donors (Lipinski definition) is 0. The number of nitrogens with zero attached hydrogens (tertiary/aromatic N) is 1. The first-order chi connectivity index (χ1) is 6.38. The van der Waals surface area contributed by atoms with Crippen LogP contribution < -0.4 is 0 Å². The minimum Gasteiger partial charge on any atom is -0.207 e. The van der Waals surface area contributed by atoms with Crippen LogP contribution in [-0.4, -0.2) is 8.42 Å². The van der Waals surface area contributed by atoms with Gasteiger partial charge in [-0.05, 0) is 12.1 Å². The Bertz CT molecular complexity index is 521. The molecule has 0 aliphatic rings. The van der Waals surface area contributed by atoms with Crippen LogP contribution in [0.5, 0.6) is 0 Å². The fourth-order valence-electron chi connectivity index (χ4n) is 0.876. The summed E-state index contributed by atoms with van der Waals surface area (Å²) in [7, 11) is 0.769. The van der Waals surface area contributed by atoms with E-state index < -0.39 is 25.3 Å². The molecule has 0 aromatic heterocycles. The fourth-order valence-corrected chi connectivity index (χ4v) is 2.63. The Morgan fingerprint density at radius 2 is 2.00 bits per heavy atom. The van der Waals surface area contributed by atoms with Crippen LogP contribution in [-0.2, 0) is 9.05 Å². The summed E-state index contributed by atoms with van der Waals surface area (Å²) < 4.78 is 34.9. The smallest absolute Gasteiger partial charge is 0.207 e. The Balaban J connectivity index is 3.74. The van der Waals surface area contributed by atoms with E-state index in [1.165, 1.54) is 6.07 Å². The highest BCUT2D eigenvalue weighted by molar-refractivity contribution is 8.13. The zero-order chi connectivity index (χ0) is 10.9. The molecule has 0 unspecified atom stereocenters. The standard InChI is InChI=1S/C7H2Cl2FNO2S/c8-5-1-2-6(10)4(3-11)7(5)14(9,12)13/h1-2H. The number of hydrogen-bond acceptors (Lipinski definition) is 3. The zero-order valence-electron chi connectivity index (χ0n) is 6.46. The van der Waals surface area contributed by atoms with E-state index in [0.717, 1.165) is 12.1 Å². The van der Waals surface area contributed by atoms with Crippen LogP contribution in [0.25, 0.3) is 0 Å². The first-order valence-electron chi connectivity index (χ1n) is 3.20. The van der Waals surface area contributed by atoms with Crippen LogP contribution in [0.15, 0.2) is 17.0 Å². The van der Waals surface area contributed by atoms with Crippen LogP contribution in [0.3, 0.4) is 0 Å². The third-order valence-electron chi connectivity index (χ3n) is 1.41. The van der Waals surface area contributed by atoms with Gasteiger partial charge in [0, 0.05) is 10.7 Å². The molecule has 0 heterocycles. The average molecular weight is 254 g/mol. The Hall–Kier alpha value is -0.830. The van der Waals surface area contributed by atoms with Crippen LogP contribution in [0.4, 0.5) is 4.39 Å². The highest BCUT2D eigenvalue weighted by atomic mass is 35.7. The Morgan fingerprint density at radius 1 is 1.43 bits per heavy atom. The summed E-state index contributed by atoms with van der Waals surface area (Å²) in [5, 5.41) is 8.24. The monoisotopic (exact) mass is 253 g/mol. The molecule has 0 bridgehead atoms. The van der Waals surface area contributed by atoms with Gasteiger partial charge in [-0.2, -0.15) is 5.26 Å².